The molecule has 1 aromatic rings. The highest BCUT2D eigenvalue weighted by molar-refractivity contribution is 9.10. The molecule has 94 valence electrons. The summed E-state index contributed by atoms with van der Waals surface area (Å²) in [6, 6.07) is 9.25. The number of nitrogens with one attached hydrogen (secondary N) is 1. The molecule has 2 heteroatoms. The second kappa shape index (κ2) is 6.55. The van der Waals surface area contributed by atoms with Crippen LogP contribution in [0.5, 0.6) is 0 Å². The van der Waals surface area contributed by atoms with Crippen LogP contribution >= 0.6 is 15.9 Å². The Morgan fingerprint density at radius 3 is 2.47 bits per heavy atom. The van der Waals surface area contributed by atoms with Crippen molar-refractivity contribution in [2.75, 3.05) is 0 Å². The predicted octanol–water partition coefficient (Wildman–Crippen LogP) is 4.51. The molecule has 0 spiro atoms. The maximum atomic E-state index is 3.67. The Balaban J connectivity index is 1.78. The van der Waals surface area contributed by atoms with Crippen LogP contribution in [0, 0.1) is 5.92 Å². The molecule has 1 atom stereocenters. The van der Waals surface area contributed by atoms with E-state index in [-0.39, 0.29) is 0 Å². The van der Waals surface area contributed by atoms with Crippen molar-refractivity contribution in [3.05, 3.63) is 34.3 Å². The molecule has 0 aliphatic heterocycles. The van der Waals surface area contributed by atoms with Crippen LogP contribution in [-0.4, -0.2) is 6.04 Å². The molecule has 2 rings (SSSR count). The van der Waals surface area contributed by atoms with Crippen LogP contribution in [0.3, 0.4) is 0 Å². The molecular weight excluding hydrogens is 274 g/mol. The van der Waals surface area contributed by atoms with E-state index in [0.29, 0.717) is 6.04 Å². The van der Waals surface area contributed by atoms with Gasteiger partial charge in [-0.25, -0.2) is 0 Å². The van der Waals surface area contributed by atoms with Gasteiger partial charge in [-0.3, -0.25) is 0 Å². The van der Waals surface area contributed by atoms with E-state index in [0.717, 1.165) is 16.9 Å². The second-order valence-corrected chi connectivity index (χ2v) is 6.11. The Bertz CT molecular complexity index is 327. The van der Waals surface area contributed by atoms with Gasteiger partial charge < -0.3 is 5.32 Å². The first-order valence-electron chi connectivity index (χ1n) is 6.73. The predicted molar refractivity (Wildman–Crippen MR) is 77.0 cm³/mol. The van der Waals surface area contributed by atoms with Crippen molar-refractivity contribution >= 4 is 15.9 Å². The summed E-state index contributed by atoms with van der Waals surface area (Å²) in [5.41, 5.74) is 1.37. The highest BCUT2D eigenvalue weighted by Crippen LogP contribution is 2.26. The summed E-state index contributed by atoms with van der Waals surface area (Å²) in [6.45, 7) is 3.33. The van der Waals surface area contributed by atoms with Crippen molar-refractivity contribution < 1.29 is 0 Å². The Morgan fingerprint density at radius 1 is 1.18 bits per heavy atom. The van der Waals surface area contributed by atoms with E-state index in [4.69, 9.17) is 0 Å². The summed E-state index contributed by atoms with van der Waals surface area (Å²) in [4.78, 5) is 0. The summed E-state index contributed by atoms with van der Waals surface area (Å²) in [7, 11) is 0. The zero-order valence-electron chi connectivity index (χ0n) is 10.6. The highest BCUT2D eigenvalue weighted by atomic mass is 79.9. The van der Waals surface area contributed by atoms with Crippen LogP contribution < -0.4 is 5.32 Å². The van der Waals surface area contributed by atoms with E-state index in [2.05, 4.69) is 52.4 Å². The Morgan fingerprint density at radius 2 is 1.82 bits per heavy atom. The van der Waals surface area contributed by atoms with Gasteiger partial charge in [0.25, 0.3) is 0 Å². The average molecular weight is 296 g/mol. The number of hydrogen-bond acceptors (Lipinski definition) is 1. The standard InChI is InChI=1S/C15H22BrN/c1-12(14-5-3-2-4-6-14)17-11-13-7-9-15(16)10-8-13/h7-10,12,14,17H,2-6,11H2,1H3/t12-/m1/s1. The van der Waals surface area contributed by atoms with Crippen LogP contribution in [-0.2, 0) is 6.54 Å². The van der Waals surface area contributed by atoms with Gasteiger partial charge in [-0.05, 0) is 43.4 Å². The SMILES string of the molecule is C[C@@H](NCc1ccc(Br)cc1)C1CCCCC1. The smallest absolute Gasteiger partial charge is 0.0208 e. The normalized spacial score (nSPS) is 19.2. The zero-order chi connectivity index (χ0) is 12.1. The molecule has 1 aromatic carbocycles. The maximum Gasteiger partial charge on any atom is 0.0208 e. The molecule has 0 aromatic heterocycles. The van der Waals surface area contributed by atoms with Crippen molar-refractivity contribution in [1.29, 1.82) is 0 Å². The number of rotatable bonds is 4. The van der Waals surface area contributed by atoms with Crippen LogP contribution in [0.25, 0.3) is 0 Å². The van der Waals surface area contributed by atoms with Crippen molar-refractivity contribution in [3.8, 4) is 0 Å². The third kappa shape index (κ3) is 4.11. The lowest BCUT2D eigenvalue weighted by atomic mass is 9.84. The molecule has 0 amide bonds. The van der Waals surface area contributed by atoms with Gasteiger partial charge in [0.05, 0.1) is 0 Å². The molecule has 1 nitrogen and oxygen atoms in total. The van der Waals surface area contributed by atoms with Gasteiger partial charge in [-0.1, -0.05) is 47.3 Å². The summed E-state index contributed by atoms with van der Waals surface area (Å²) in [5.74, 6) is 0.888. The van der Waals surface area contributed by atoms with E-state index < -0.39 is 0 Å². The molecule has 0 radical (unpaired) electrons. The third-order valence-electron chi connectivity index (χ3n) is 3.90. The fraction of sp³-hybridized carbons (Fsp3) is 0.600. The van der Waals surface area contributed by atoms with Gasteiger partial charge >= 0.3 is 0 Å². The van der Waals surface area contributed by atoms with Gasteiger partial charge in [0.2, 0.25) is 0 Å². The lowest BCUT2D eigenvalue weighted by Gasteiger charge is -2.28. The van der Waals surface area contributed by atoms with E-state index in [1.165, 1.54) is 37.7 Å². The zero-order valence-corrected chi connectivity index (χ0v) is 12.2. The molecule has 0 unspecified atom stereocenters. The van der Waals surface area contributed by atoms with Gasteiger partial charge in [-0.15, -0.1) is 0 Å². The minimum atomic E-state index is 0.652. The van der Waals surface area contributed by atoms with Crippen molar-refractivity contribution in [2.45, 2.75) is 51.6 Å². The number of hydrogen-bond donors (Lipinski definition) is 1. The van der Waals surface area contributed by atoms with Crippen LogP contribution in [0.1, 0.15) is 44.6 Å². The monoisotopic (exact) mass is 295 g/mol. The molecule has 17 heavy (non-hydrogen) atoms. The van der Waals surface area contributed by atoms with E-state index in [1.807, 2.05) is 0 Å². The topological polar surface area (TPSA) is 12.0 Å². The lowest BCUT2D eigenvalue weighted by Crippen LogP contribution is -2.34. The fourth-order valence-corrected chi connectivity index (χ4v) is 2.95. The number of benzene rings is 1. The molecule has 1 aliphatic rings. The van der Waals surface area contributed by atoms with Crippen LogP contribution in [0.2, 0.25) is 0 Å². The van der Waals surface area contributed by atoms with Gasteiger partial charge in [-0.2, -0.15) is 0 Å². The van der Waals surface area contributed by atoms with Crippen molar-refractivity contribution in [2.24, 2.45) is 5.92 Å². The minimum Gasteiger partial charge on any atom is -0.310 e. The van der Waals surface area contributed by atoms with Crippen molar-refractivity contribution in [1.82, 2.24) is 5.32 Å². The van der Waals surface area contributed by atoms with Gasteiger partial charge in [0.15, 0.2) is 0 Å². The average Bonchev–Trinajstić information content (AvgIpc) is 2.39. The first kappa shape index (κ1) is 13.1. The highest BCUT2D eigenvalue weighted by Gasteiger charge is 2.19. The summed E-state index contributed by atoms with van der Waals surface area (Å²) < 4.78 is 1.15. The van der Waals surface area contributed by atoms with E-state index in [1.54, 1.807) is 0 Å². The Kier molecular flexibility index (Phi) is 5.05. The lowest BCUT2D eigenvalue weighted by molar-refractivity contribution is 0.280. The first-order chi connectivity index (χ1) is 8.25. The van der Waals surface area contributed by atoms with Gasteiger partial charge in [0.1, 0.15) is 0 Å². The van der Waals surface area contributed by atoms with E-state index in [9.17, 15) is 0 Å². The molecule has 1 fully saturated rings. The number of halogens is 1. The van der Waals surface area contributed by atoms with Crippen LogP contribution in [0.4, 0.5) is 0 Å². The minimum absolute atomic E-state index is 0.652. The largest absolute Gasteiger partial charge is 0.310 e. The molecule has 0 saturated heterocycles. The quantitative estimate of drug-likeness (QED) is 0.862. The van der Waals surface area contributed by atoms with Crippen molar-refractivity contribution in [3.63, 3.8) is 0 Å². The molecule has 1 N–H and O–H groups in total. The molecule has 0 bridgehead atoms. The maximum absolute atomic E-state index is 3.67. The third-order valence-corrected chi connectivity index (χ3v) is 4.43. The first-order valence-corrected chi connectivity index (χ1v) is 7.53. The Labute approximate surface area is 113 Å². The molecule has 1 aliphatic carbocycles. The summed E-state index contributed by atoms with van der Waals surface area (Å²) >= 11 is 3.47. The molecule has 1 saturated carbocycles. The Hall–Kier alpha value is -0.340. The summed E-state index contributed by atoms with van der Waals surface area (Å²) in [5, 5.41) is 3.67. The molecular formula is C15H22BrN. The summed E-state index contributed by atoms with van der Waals surface area (Å²) in [6.07, 6.45) is 7.11. The molecule has 0 heterocycles. The van der Waals surface area contributed by atoms with E-state index >= 15 is 0 Å². The van der Waals surface area contributed by atoms with Gasteiger partial charge in [0, 0.05) is 17.1 Å². The second-order valence-electron chi connectivity index (χ2n) is 5.19. The van der Waals surface area contributed by atoms with Crippen LogP contribution in [0.15, 0.2) is 28.7 Å². The fourth-order valence-electron chi connectivity index (χ4n) is 2.68.